The number of benzene rings is 4. The van der Waals surface area contributed by atoms with Gasteiger partial charge in [-0.2, -0.15) is 0 Å². The number of likely N-dealkylation sites (N-methyl/N-ethyl adjacent to an activating group) is 2. The quantitative estimate of drug-likeness (QED) is 0.0418. The Labute approximate surface area is 518 Å². The minimum Gasteiger partial charge on any atom is -0.391 e. The topological polar surface area (TPSA) is 262 Å². The van der Waals surface area contributed by atoms with Crippen molar-refractivity contribution in [2.24, 2.45) is 11.8 Å². The minimum absolute atomic E-state index is 0.0335. The number of hydrogen-bond acceptors (Lipinski definition) is 12. The van der Waals surface area contributed by atoms with Crippen LogP contribution in [0.1, 0.15) is 123 Å². The van der Waals surface area contributed by atoms with Crippen molar-refractivity contribution in [1.29, 1.82) is 0 Å². The van der Waals surface area contributed by atoms with Crippen LogP contribution in [0.2, 0.25) is 0 Å². The summed E-state index contributed by atoms with van der Waals surface area (Å²) in [6.07, 6.45) is 9.04. The molecule has 2 saturated carbocycles. The van der Waals surface area contributed by atoms with Gasteiger partial charge in [-0.3, -0.25) is 38.4 Å². The Morgan fingerprint density at radius 2 is 0.841 bits per heavy atom. The van der Waals surface area contributed by atoms with E-state index in [1.54, 1.807) is 96.1 Å². The summed E-state index contributed by atoms with van der Waals surface area (Å²) in [6.45, 7) is 3.97. The molecule has 8 amide bonds. The van der Waals surface area contributed by atoms with Crippen LogP contribution in [0.4, 0.5) is 0 Å². The SMILES string of the molecule is CN[C@@H](C)C(=O)N[C@H](C(=O)N1CC[C@H](O)[C@H]1CN(CCc1ccccc1)C(=O)CNC(=O)c1ccc(-c2ccc(C(=O)NCC(=O)N(CCc3ccccc3)C[C@@H]3[C@@H](O)CCN3C(=O)[C@@H](NC(=O)[C@H](C)NC)C3CCCCC3)cc2)cc1)C1CCCCC1. The Kier molecular flexibility index (Phi) is 24.6. The number of amides is 8. The summed E-state index contributed by atoms with van der Waals surface area (Å²) in [6, 6.07) is 29.0. The van der Waals surface area contributed by atoms with Gasteiger partial charge in [0.2, 0.25) is 35.4 Å². The van der Waals surface area contributed by atoms with Crippen LogP contribution in [0.15, 0.2) is 109 Å². The van der Waals surface area contributed by atoms with Crippen LogP contribution < -0.4 is 31.9 Å². The van der Waals surface area contributed by atoms with Crippen LogP contribution in [0.3, 0.4) is 0 Å². The van der Waals surface area contributed by atoms with Crippen molar-refractivity contribution in [1.82, 2.24) is 51.5 Å². The Morgan fingerprint density at radius 1 is 0.489 bits per heavy atom. The number of carbonyl (C=O) groups is 8. The van der Waals surface area contributed by atoms with Crippen LogP contribution >= 0.6 is 0 Å². The van der Waals surface area contributed by atoms with Crippen molar-refractivity contribution in [3.05, 3.63) is 131 Å². The van der Waals surface area contributed by atoms with Gasteiger partial charge < -0.3 is 61.7 Å². The van der Waals surface area contributed by atoms with Crippen molar-refractivity contribution in [2.75, 3.05) is 66.5 Å². The fourth-order valence-corrected chi connectivity index (χ4v) is 12.8. The summed E-state index contributed by atoms with van der Waals surface area (Å²) in [5, 5.41) is 40.4. The normalized spacial score (nSPS) is 20.2. The zero-order chi connectivity index (χ0) is 62.7. The summed E-state index contributed by atoms with van der Waals surface area (Å²) >= 11 is 0. The average Bonchev–Trinajstić information content (AvgIpc) is 3.28. The van der Waals surface area contributed by atoms with Gasteiger partial charge in [0.05, 0.1) is 49.5 Å². The third-order valence-corrected chi connectivity index (χ3v) is 18.6. The standard InChI is InChI=1S/C68H92N10O10/c1-45(69-3)63(83)73-61(51-21-13-7-14-22-51)67(87)77-39-35-57(79)55(77)43-75(37-33-47-17-9-5-10-18-47)59(81)41-71-65(85)53-29-25-49(26-30-53)50-27-31-54(32-28-50)66(86)72-42-60(82)76(38-34-48-19-11-6-12-20-48)44-56-58(80)36-40-78(56)68(88)62(52-23-15-8-16-24-52)74-64(84)46(2)70-4/h5-6,9-12,17-20,25-32,45-46,51-52,55-58,61-62,69-70,79-80H,7-8,13-16,21-24,33-44H2,1-4H3,(H,71,85)(H,72,86)(H,73,83)(H,74,84)/t45-,46-,55+,56+,57-,58-,61-,62-/m0/s1. The van der Waals surface area contributed by atoms with E-state index in [9.17, 15) is 48.6 Å². The molecule has 0 aromatic heterocycles. The first-order valence-electron chi connectivity index (χ1n) is 31.9. The molecule has 8 atom stereocenters. The molecule has 0 radical (unpaired) electrons. The Morgan fingerprint density at radius 3 is 1.18 bits per heavy atom. The third-order valence-electron chi connectivity index (χ3n) is 18.6. The lowest BCUT2D eigenvalue weighted by molar-refractivity contribution is -0.142. The number of rotatable bonds is 27. The number of carbonyl (C=O) groups excluding carboxylic acids is 8. The lowest BCUT2D eigenvalue weighted by atomic mass is 9.83. The summed E-state index contributed by atoms with van der Waals surface area (Å²) in [4.78, 5) is 118. The lowest BCUT2D eigenvalue weighted by Crippen LogP contribution is -2.59. The highest BCUT2D eigenvalue weighted by Crippen LogP contribution is 2.32. The first-order chi connectivity index (χ1) is 42.5. The highest BCUT2D eigenvalue weighted by atomic mass is 16.3. The average molecular weight is 1210 g/mol. The minimum atomic E-state index is -0.905. The molecular weight excluding hydrogens is 1120 g/mol. The van der Waals surface area contributed by atoms with Gasteiger partial charge >= 0.3 is 0 Å². The molecule has 88 heavy (non-hydrogen) atoms. The predicted molar refractivity (Wildman–Crippen MR) is 336 cm³/mol. The first kappa shape index (κ1) is 66.4. The molecule has 0 unspecified atom stereocenters. The second-order valence-corrected chi connectivity index (χ2v) is 24.4. The maximum atomic E-state index is 14.5. The van der Waals surface area contributed by atoms with Gasteiger partial charge in [-0.05, 0) is 138 Å². The number of nitrogens with one attached hydrogen (secondary N) is 6. The molecule has 4 aliphatic rings. The zero-order valence-corrected chi connectivity index (χ0v) is 51.7. The second kappa shape index (κ2) is 32.6. The van der Waals surface area contributed by atoms with Gasteiger partial charge in [0.1, 0.15) is 12.1 Å². The van der Waals surface area contributed by atoms with E-state index in [1.165, 1.54) is 0 Å². The number of nitrogens with zero attached hydrogens (tertiary/aromatic N) is 4. The van der Waals surface area contributed by atoms with Gasteiger partial charge in [0.25, 0.3) is 11.8 Å². The van der Waals surface area contributed by atoms with Crippen LogP contribution in [-0.2, 0) is 41.6 Å². The molecule has 0 bridgehead atoms. The number of aliphatic hydroxyl groups excluding tert-OH is 2. The summed E-state index contributed by atoms with van der Waals surface area (Å²) < 4.78 is 0. The number of likely N-dealkylation sites (tertiary alicyclic amines) is 2. The number of aliphatic hydroxyl groups is 2. The van der Waals surface area contributed by atoms with E-state index in [2.05, 4.69) is 31.9 Å². The molecule has 4 aromatic rings. The fraction of sp³-hybridized carbons (Fsp3) is 0.529. The monoisotopic (exact) mass is 1210 g/mol. The second-order valence-electron chi connectivity index (χ2n) is 24.4. The summed E-state index contributed by atoms with van der Waals surface area (Å²) in [5.41, 5.74) is 4.13. The fourth-order valence-electron chi connectivity index (χ4n) is 12.8. The third kappa shape index (κ3) is 17.8. The van der Waals surface area contributed by atoms with E-state index >= 15 is 0 Å². The Bertz CT molecular complexity index is 2760. The van der Waals surface area contributed by atoms with Gasteiger partial charge in [-0.15, -0.1) is 0 Å². The molecular formula is C68H92N10O10. The molecule has 2 saturated heterocycles. The molecule has 20 heteroatoms. The van der Waals surface area contributed by atoms with Crippen LogP contribution in [0.25, 0.3) is 11.1 Å². The van der Waals surface area contributed by atoms with Crippen LogP contribution in [0, 0.1) is 11.8 Å². The van der Waals surface area contributed by atoms with Crippen molar-refractivity contribution in [3.63, 3.8) is 0 Å². The lowest BCUT2D eigenvalue weighted by Gasteiger charge is -2.37. The Hall–Kier alpha value is -7.52. The maximum absolute atomic E-state index is 14.5. The molecule has 474 valence electrons. The smallest absolute Gasteiger partial charge is 0.251 e. The van der Waals surface area contributed by atoms with Gasteiger partial charge in [-0.25, -0.2) is 0 Å². The zero-order valence-electron chi connectivity index (χ0n) is 51.7. The van der Waals surface area contributed by atoms with E-state index in [-0.39, 0.29) is 99.6 Å². The first-order valence-corrected chi connectivity index (χ1v) is 31.9. The van der Waals surface area contributed by atoms with Crippen molar-refractivity contribution >= 4 is 47.3 Å². The summed E-state index contributed by atoms with van der Waals surface area (Å²) in [5.74, 6) is -2.88. The maximum Gasteiger partial charge on any atom is 0.251 e. The predicted octanol–water partition coefficient (Wildman–Crippen LogP) is 4.23. The molecule has 2 aliphatic carbocycles. The molecule has 8 N–H and O–H groups in total. The molecule has 0 spiro atoms. The molecule has 4 aromatic carbocycles. The van der Waals surface area contributed by atoms with E-state index in [1.807, 2.05) is 60.7 Å². The summed E-state index contributed by atoms with van der Waals surface area (Å²) in [7, 11) is 3.38. The molecule has 2 heterocycles. The Balaban J connectivity index is 0.878. The molecule has 2 aliphatic heterocycles. The van der Waals surface area contributed by atoms with Gasteiger partial charge in [0, 0.05) is 50.4 Å². The molecule has 8 rings (SSSR count). The van der Waals surface area contributed by atoms with Crippen molar-refractivity contribution in [3.8, 4) is 11.1 Å². The van der Waals surface area contributed by atoms with Crippen molar-refractivity contribution in [2.45, 2.75) is 152 Å². The highest BCUT2D eigenvalue weighted by Gasteiger charge is 2.45. The van der Waals surface area contributed by atoms with E-state index in [0.717, 1.165) is 86.5 Å². The van der Waals surface area contributed by atoms with E-state index < -0.39 is 60.3 Å². The number of hydrogen-bond donors (Lipinski definition) is 8. The van der Waals surface area contributed by atoms with E-state index in [0.29, 0.717) is 36.8 Å². The van der Waals surface area contributed by atoms with Gasteiger partial charge in [-0.1, -0.05) is 123 Å². The van der Waals surface area contributed by atoms with E-state index in [4.69, 9.17) is 0 Å². The molecule has 20 nitrogen and oxygen atoms in total. The highest BCUT2D eigenvalue weighted by molar-refractivity contribution is 5.98. The van der Waals surface area contributed by atoms with Gasteiger partial charge in [0.15, 0.2) is 0 Å². The van der Waals surface area contributed by atoms with Crippen LogP contribution in [-0.4, -0.2) is 192 Å². The van der Waals surface area contributed by atoms with Crippen molar-refractivity contribution < 1.29 is 48.6 Å². The van der Waals surface area contributed by atoms with Crippen LogP contribution in [0.5, 0.6) is 0 Å². The largest absolute Gasteiger partial charge is 0.391 e. The molecule has 4 fully saturated rings.